The Balaban J connectivity index is 1.37. The monoisotopic (exact) mass is 1560 g/mol. The van der Waals surface area contributed by atoms with E-state index in [0.29, 0.717) is 12.8 Å². The third-order valence-corrected chi connectivity index (χ3v) is 20.6. The highest BCUT2D eigenvalue weighted by molar-refractivity contribution is 5.76. The molecule has 3 rings (SSSR count). The summed E-state index contributed by atoms with van der Waals surface area (Å²) in [6.07, 6.45) is 75.5. The van der Waals surface area contributed by atoms with Gasteiger partial charge in [-0.2, -0.15) is 0 Å². The van der Waals surface area contributed by atoms with Gasteiger partial charge in [0.25, 0.3) is 0 Å². The predicted octanol–water partition coefficient (Wildman–Crippen LogP) is 16.2. The van der Waals surface area contributed by atoms with Gasteiger partial charge < -0.3 is 89.9 Å². The number of nitrogens with one attached hydrogen (secondary N) is 1. The average molecular weight is 1560 g/mol. The number of allylic oxidation sites excluding steroid dienone is 23. The topological polar surface area (TPSA) is 307 Å². The van der Waals surface area contributed by atoms with Gasteiger partial charge in [0.05, 0.1) is 38.6 Å². The minimum Gasteiger partial charge on any atom is -0.394 e. The van der Waals surface area contributed by atoms with Crippen LogP contribution >= 0.6 is 0 Å². The van der Waals surface area contributed by atoms with E-state index in [-0.39, 0.29) is 18.9 Å². The van der Waals surface area contributed by atoms with Crippen LogP contribution in [0, 0.1) is 0 Å². The highest BCUT2D eigenvalue weighted by Crippen LogP contribution is 2.33. The Bertz CT molecular complexity index is 2580. The number of amides is 1. The molecule has 17 atom stereocenters. The molecular weight excluding hydrogens is 1410 g/mol. The summed E-state index contributed by atoms with van der Waals surface area (Å²) in [5.74, 6) is -0.303. The molecule has 0 spiro atoms. The lowest BCUT2D eigenvalue weighted by atomic mass is 9.96. The second kappa shape index (κ2) is 69.9. The standard InChI is InChI=1S/C92H155NO18/c1-3-5-7-9-11-13-15-17-19-21-23-25-27-29-31-33-34-35-36-37-38-39-40-42-44-46-48-50-52-54-56-58-60-62-64-66-68-70-80(98)93-75(76(97)69-67-65-63-61-59-57-55-53-51-49-47-45-43-41-32-30-28-26-24-22-20-18-16-14-12-10-8-6-4-2)74-106-90-86(104)83(101)88(78(72-95)108-90)111-92-87(105)84(102)89(79(73-96)109-92)110-91-85(103)82(100)81(99)77(71-94)107-91/h5,7,11,13,17,19,23,25,29,31,34-35,37-38,40,42,46,48,52,54,59,61,67,69,75-79,81-92,94-97,99-105H,3-4,6,8-10,12,14-16,18,20-22,24,26-28,30,32-33,36,39,41,43-45,47,49-51,53,55-58,60,62-66,68,70-74H2,1-2H3,(H,93,98)/b7-5-,13-11-,19-17-,25-23-,31-29-,35-34-,38-37-,42-40-,48-46-,54-52-,61-59+,69-67+. The fourth-order valence-electron chi connectivity index (χ4n) is 13.7. The number of rotatable bonds is 68. The largest absolute Gasteiger partial charge is 0.394 e. The van der Waals surface area contributed by atoms with E-state index in [1.54, 1.807) is 6.08 Å². The normalized spacial score (nSPS) is 25.8. The molecule has 17 unspecified atom stereocenters. The van der Waals surface area contributed by atoms with Gasteiger partial charge in [-0.1, -0.05) is 327 Å². The summed E-state index contributed by atoms with van der Waals surface area (Å²) in [4.78, 5) is 13.5. The molecule has 3 fully saturated rings. The Kier molecular flexibility index (Phi) is 63.5. The molecule has 19 nitrogen and oxygen atoms in total. The van der Waals surface area contributed by atoms with Crippen LogP contribution in [0.25, 0.3) is 0 Å². The number of unbranched alkanes of at least 4 members (excludes halogenated alkanes) is 30. The zero-order valence-corrected chi connectivity index (χ0v) is 68.4. The Labute approximate surface area is 670 Å². The molecule has 12 N–H and O–H groups in total. The van der Waals surface area contributed by atoms with Crippen molar-refractivity contribution >= 4 is 5.91 Å². The summed E-state index contributed by atoms with van der Waals surface area (Å²) in [5, 5.41) is 121. The molecule has 3 aliphatic heterocycles. The van der Waals surface area contributed by atoms with Gasteiger partial charge in [0.15, 0.2) is 18.9 Å². The van der Waals surface area contributed by atoms with Crippen LogP contribution in [0.3, 0.4) is 0 Å². The third-order valence-electron chi connectivity index (χ3n) is 20.6. The van der Waals surface area contributed by atoms with Crippen LogP contribution in [-0.4, -0.2) is 193 Å². The molecule has 0 aromatic rings. The summed E-state index contributed by atoms with van der Waals surface area (Å²) in [6.45, 7) is 1.61. The molecule has 3 aliphatic rings. The second-order valence-electron chi connectivity index (χ2n) is 30.3. The molecule has 111 heavy (non-hydrogen) atoms. The Morgan fingerprint density at radius 3 is 1.01 bits per heavy atom. The average Bonchev–Trinajstić information content (AvgIpc) is 0.779. The van der Waals surface area contributed by atoms with E-state index < -0.39 is 124 Å². The minimum absolute atomic E-state index is 0.209. The molecule has 0 aromatic carbocycles. The molecule has 0 aromatic heterocycles. The molecule has 19 heteroatoms. The van der Waals surface area contributed by atoms with Crippen molar-refractivity contribution < 1.29 is 89.4 Å². The molecule has 3 heterocycles. The first-order chi connectivity index (χ1) is 54.3. The molecule has 1 amide bonds. The summed E-state index contributed by atoms with van der Waals surface area (Å²) < 4.78 is 34.5. The maximum absolute atomic E-state index is 13.5. The lowest BCUT2D eigenvalue weighted by molar-refractivity contribution is -0.379. The van der Waals surface area contributed by atoms with E-state index in [0.717, 1.165) is 122 Å². The highest BCUT2D eigenvalue weighted by atomic mass is 16.8. The van der Waals surface area contributed by atoms with Gasteiger partial charge in [-0.25, -0.2) is 0 Å². The van der Waals surface area contributed by atoms with E-state index >= 15 is 0 Å². The number of carbonyl (C=O) groups is 1. The highest BCUT2D eigenvalue weighted by Gasteiger charge is 2.54. The van der Waals surface area contributed by atoms with Crippen LogP contribution in [0.4, 0.5) is 0 Å². The maximum atomic E-state index is 13.5. The first kappa shape index (κ1) is 101. The van der Waals surface area contributed by atoms with Crippen molar-refractivity contribution in [2.45, 2.75) is 401 Å². The van der Waals surface area contributed by atoms with Gasteiger partial charge >= 0.3 is 0 Å². The van der Waals surface area contributed by atoms with Crippen molar-refractivity contribution in [3.05, 3.63) is 146 Å². The lowest BCUT2D eigenvalue weighted by Crippen LogP contribution is -2.66. The van der Waals surface area contributed by atoms with Crippen LogP contribution in [-0.2, 0) is 33.2 Å². The van der Waals surface area contributed by atoms with E-state index in [1.165, 1.54) is 141 Å². The fourth-order valence-corrected chi connectivity index (χ4v) is 13.7. The smallest absolute Gasteiger partial charge is 0.220 e. The minimum atomic E-state index is -1.99. The van der Waals surface area contributed by atoms with E-state index in [1.807, 2.05) is 6.08 Å². The predicted molar refractivity (Wildman–Crippen MR) is 447 cm³/mol. The van der Waals surface area contributed by atoms with Crippen LogP contribution in [0.5, 0.6) is 0 Å². The van der Waals surface area contributed by atoms with Gasteiger partial charge in [0, 0.05) is 6.42 Å². The Morgan fingerprint density at radius 2 is 0.631 bits per heavy atom. The molecular formula is C92H155NO18. The van der Waals surface area contributed by atoms with Crippen molar-refractivity contribution in [3.63, 3.8) is 0 Å². The molecule has 3 saturated heterocycles. The number of hydrogen-bond donors (Lipinski definition) is 12. The van der Waals surface area contributed by atoms with Crippen molar-refractivity contribution in [2.24, 2.45) is 0 Å². The van der Waals surface area contributed by atoms with Crippen LogP contribution in [0.2, 0.25) is 0 Å². The van der Waals surface area contributed by atoms with Crippen LogP contribution < -0.4 is 5.32 Å². The van der Waals surface area contributed by atoms with Crippen molar-refractivity contribution in [1.82, 2.24) is 5.32 Å². The zero-order chi connectivity index (χ0) is 80.3. The molecule has 0 bridgehead atoms. The van der Waals surface area contributed by atoms with Gasteiger partial charge in [0.1, 0.15) is 73.2 Å². The first-order valence-electron chi connectivity index (χ1n) is 43.6. The third kappa shape index (κ3) is 48.7. The molecule has 0 aliphatic carbocycles. The SMILES string of the molecule is CC/C=C\C/C=C\C/C=C\C/C=C\C/C=C\C/C=C\C/C=C\C/C=C\C/C=C\C/C=C\CCCCCCCCC(=O)NC(COC1OC(CO)C(OC2OC(CO)C(OC3OC(CO)C(O)C(O)C3O)C(O)C2O)C(O)C1O)C(O)/C=C/CC/C=C/CCCCCCCCCCCCCCCCCCCCCCCCC. The van der Waals surface area contributed by atoms with Gasteiger partial charge in [0.2, 0.25) is 5.91 Å². The maximum Gasteiger partial charge on any atom is 0.220 e. The fraction of sp³-hybridized carbons (Fsp3) is 0.728. The van der Waals surface area contributed by atoms with Crippen molar-refractivity contribution in [3.8, 4) is 0 Å². The number of aliphatic hydroxyl groups is 11. The number of hydrogen-bond acceptors (Lipinski definition) is 18. The van der Waals surface area contributed by atoms with Gasteiger partial charge in [-0.15, -0.1) is 0 Å². The Morgan fingerprint density at radius 1 is 0.333 bits per heavy atom. The van der Waals surface area contributed by atoms with E-state index in [4.69, 9.17) is 28.4 Å². The number of aliphatic hydroxyl groups excluding tert-OH is 11. The summed E-state index contributed by atoms with van der Waals surface area (Å²) in [6, 6.07) is -1.01. The quantitative estimate of drug-likeness (QED) is 0.0199. The van der Waals surface area contributed by atoms with Crippen LogP contribution in [0.1, 0.15) is 296 Å². The molecule has 0 saturated carbocycles. The summed E-state index contributed by atoms with van der Waals surface area (Å²) in [5.41, 5.74) is 0. The summed E-state index contributed by atoms with van der Waals surface area (Å²) >= 11 is 0. The second-order valence-corrected chi connectivity index (χ2v) is 30.3. The van der Waals surface area contributed by atoms with E-state index in [2.05, 4.69) is 153 Å². The summed E-state index contributed by atoms with van der Waals surface area (Å²) in [7, 11) is 0. The van der Waals surface area contributed by atoms with Crippen molar-refractivity contribution in [1.29, 1.82) is 0 Å². The zero-order valence-electron chi connectivity index (χ0n) is 68.4. The van der Waals surface area contributed by atoms with Gasteiger partial charge in [-0.05, 0) is 109 Å². The van der Waals surface area contributed by atoms with Gasteiger partial charge in [-0.3, -0.25) is 4.79 Å². The van der Waals surface area contributed by atoms with E-state index in [9.17, 15) is 61.0 Å². The first-order valence-corrected chi connectivity index (χ1v) is 43.6. The van der Waals surface area contributed by atoms with Crippen LogP contribution in [0.15, 0.2) is 146 Å². The lowest BCUT2D eigenvalue weighted by Gasteiger charge is -2.48. The molecule has 0 radical (unpaired) electrons. The number of ether oxygens (including phenoxy) is 6. The number of carbonyl (C=O) groups excluding carboxylic acids is 1. The van der Waals surface area contributed by atoms with Crippen molar-refractivity contribution in [2.75, 3.05) is 26.4 Å². The Hall–Kier alpha value is -4.33. The molecule has 636 valence electrons.